The molecule has 2 fully saturated rings. The fourth-order valence-corrected chi connectivity index (χ4v) is 5.08. The molecule has 2 aliphatic rings. The second-order valence-corrected chi connectivity index (χ2v) is 10.6. The fourth-order valence-electron chi connectivity index (χ4n) is 4.18. The molecular weight excluding hydrogens is 462 g/mol. The van der Waals surface area contributed by atoms with Gasteiger partial charge in [-0.15, -0.1) is 0 Å². The Morgan fingerprint density at radius 3 is 2.41 bits per heavy atom. The second kappa shape index (κ2) is 9.71. The van der Waals surface area contributed by atoms with E-state index in [9.17, 15) is 23.1 Å². The third kappa shape index (κ3) is 4.51. The fraction of sp³-hybridized carbons (Fsp3) is 0.391. The van der Waals surface area contributed by atoms with Gasteiger partial charge in [0.15, 0.2) is 0 Å². The van der Waals surface area contributed by atoms with Crippen molar-refractivity contribution in [2.24, 2.45) is 0 Å². The molecule has 0 spiro atoms. The van der Waals surface area contributed by atoms with Gasteiger partial charge in [0.1, 0.15) is 24.9 Å². The Kier molecular flexibility index (Phi) is 6.89. The van der Waals surface area contributed by atoms with Crippen LogP contribution in [0.1, 0.15) is 17.4 Å². The molecule has 1 aromatic heterocycles. The van der Waals surface area contributed by atoms with Gasteiger partial charge in [0.05, 0.1) is 37.5 Å². The van der Waals surface area contributed by atoms with Crippen molar-refractivity contribution in [3.05, 3.63) is 59.6 Å². The number of carbonyl (C=O) groups is 2. The molecule has 2 aromatic rings. The molecule has 1 atom stereocenters. The van der Waals surface area contributed by atoms with E-state index in [4.69, 9.17) is 9.15 Å². The van der Waals surface area contributed by atoms with E-state index in [1.54, 1.807) is 12.1 Å². The van der Waals surface area contributed by atoms with Gasteiger partial charge in [-0.2, -0.15) is 0 Å². The predicted molar refractivity (Wildman–Crippen MR) is 119 cm³/mol. The highest BCUT2D eigenvalue weighted by Gasteiger charge is 2.45. The smallest absolute Gasteiger partial charge is 0.295 e. The summed E-state index contributed by atoms with van der Waals surface area (Å²) in [5, 5.41) is 13.4. The van der Waals surface area contributed by atoms with Gasteiger partial charge in [-0.3, -0.25) is 9.59 Å². The molecule has 0 bridgehead atoms. The zero-order valence-corrected chi connectivity index (χ0v) is 19.8. The van der Waals surface area contributed by atoms with E-state index >= 15 is 0 Å². The van der Waals surface area contributed by atoms with E-state index < -0.39 is 33.5 Å². The van der Waals surface area contributed by atoms with Gasteiger partial charge in [-0.05, 0) is 29.8 Å². The first-order valence-corrected chi connectivity index (χ1v) is 12.4. The molecule has 34 heavy (non-hydrogen) atoms. The minimum Gasteiger partial charge on any atom is -0.872 e. The summed E-state index contributed by atoms with van der Waals surface area (Å²) >= 11 is 0. The number of amides is 1. The van der Waals surface area contributed by atoms with Crippen molar-refractivity contribution < 1.29 is 37.2 Å². The summed E-state index contributed by atoms with van der Waals surface area (Å²) in [6.45, 7) is 3.77. The lowest BCUT2D eigenvalue weighted by Gasteiger charge is -2.29. The molecule has 2 aliphatic heterocycles. The Morgan fingerprint density at radius 1 is 1.15 bits per heavy atom. The number of quaternary nitrogens is 1. The first-order chi connectivity index (χ1) is 16.2. The molecule has 2 saturated heterocycles. The number of hydrogen-bond donors (Lipinski definition) is 1. The largest absolute Gasteiger partial charge is 0.872 e. The summed E-state index contributed by atoms with van der Waals surface area (Å²) in [7, 11) is -0.849. The van der Waals surface area contributed by atoms with Crippen molar-refractivity contribution in [1.29, 1.82) is 0 Å². The molecule has 3 heterocycles. The standard InChI is InChI=1S/C23H27N3O7S/c1-24(2)34(30,31)17-7-5-16(6-8-17)21(27)19-20(18-4-3-13-33-18)26(23(29)22(19)28)10-9-25-11-14-32-15-12-25/h3-8,13,20,27H,9-12,14-15H2,1-2H3/b21-19+. The number of rotatable bonds is 7. The van der Waals surface area contributed by atoms with Gasteiger partial charge < -0.3 is 24.1 Å². The van der Waals surface area contributed by atoms with Crippen LogP contribution in [-0.2, 0) is 24.3 Å². The molecular formula is C23H27N3O7S. The molecule has 1 aromatic carbocycles. The molecule has 10 nitrogen and oxygen atoms in total. The van der Waals surface area contributed by atoms with Crippen LogP contribution in [0, 0.1) is 0 Å². The SMILES string of the molecule is CN(C)S(=O)(=O)c1ccc(/C([O-])=C2\C(=O)C(=O)N(CC[NH+]3CCOCC3)C2c2ccco2)cc1. The molecule has 0 saturated carbocycles. The molecule has 4 rings (SSSR count). The molecule has 1 amide bonds. The summed E-state index contributed by atoms with van der Waals surface area (Å²) < 4.78 is 36.6. The van der Waals surface area contributed by atoms with E-state index in [0.29, 0.717) is 25.5 Å². The number of likely N-dealkylation sites (tertiary alicyclic amines) is 1. The third-order valence-corrected chi connectivity index (χ3v) is 7.97. The van der Waals surface area contributed by atoms with E-state index in [2.05, 4.69) is 0 Å². The van der Waals surface area contributed by atoms with Crippen LogP contribution in [0.5, 0.6) is 0 Å². The number of furan rings is 1. The van der Waals surface area contributed by atoms with Crippen LogP contribution >= 0.6 is 0 Å². The predicted octanol–water partition coefficient (Wildman–Crippen LogP) is -1.33. The number of nitrogens with zero attached hydrogens (tertiary/aromatic N) is 2. The summed E-state index contributed by atoms with van der Waals surface area (Å²) in [4.78, 5) is 28.6. The van der Waals surface area contributed by atoms with Gasteiger partial charge in [-0.1, -0.05) is 17.9 Å². The van der Waals surface area contributed by atoms with E-state index in [0.717, 1.165) is 17.4 Å². The molecule has 0 radical (unpaired) electrons. The summed E-state index contributed by atoms with van der Waals surface area (Å²) in [6, 6.07) is 7.65. The minimum atomic E-state index is -3.67. The highest BCUT2D eigenvalue weighted by atomic mass is 32.2. The monoisotopic (exact) mass is 489 g/mol. The van der Waals surface area contributed by atoms with Gasteiger partial charge in [0.25, 0.3) is 5.91 Å². The van der Waals surface area contributed by atoms with E-state index in [1.165, 1.54) is 54.4 Å². The number of hydrogen-bond acceptors (Lipinski definition) is 7. The number of Topliss-reactive ketones (excluding diaryl/α,β-unsaturated/α-hetero) is 1. The van der Waals surface area contributed by atoms with E-state index in [-0.39, 0.29) is 22.6 Å². The van der Waals surface area contributed by atoms with Gasteiger partial charge in [0.2, 0.25) is 15.8 Å². The Bertz CT molecular complexity index is 1180. The van der Waals surface area contributed by atoms with Crippen LogP contribution in [-0.4, -0.2) is 82.8 Å². The number of ketones is 1. The highest BCUT2D eigenvalue weighted by molar-refractivity contribution is 7.89. The Hall–Kier alpha value is -2.99. The first-order valence-electron chi connectivity index (χ1n) is 11.0. The van der Waals surface area contributed by atoms with Gasteiger partial charge in [0, 0.05) is 19.7 Å². The Labute approximate surface area is 198 Å². The first kappa shape index (κ1) is 24.1. The normalized spacial score (nSPS) is 21.5. The van der Waals surface area contributed by atoms with Crippen molar-refractivity contribution in [2.75, 3.05) is 53.5 Å². The van der Waals surface area contributed by atoms with Crippen LogP contribution < -0.4 is 10.0 Å². The summed E-state index contributed by atoms with van der Waals surface area (Å²) in [6.07, 6.45) is 1.43. The minimum absolute atomic E-state index is 0.0190. The number of morpholine rings is 1. The van der Waals surface area contributed by atoms with Gasteiger partial charge in [-0.25, -0.2) is 12.7 Å². The summed E-state index contributed by atoms with van der Waals surface area (Å²) in [5.74, 6) is -1.92. The molecule has 1 unspecified atom stereocenters. The third-order valence-electron chi connectivity index (χ3n) is 6.14. The number of benzene rings is 1. The van der Waals surface area contributed by atoms with Crippen molar-refractivity contribution in [1.82, 2.24) is 9.21 Å². The Morgan fingerprint density at radius 2 is 1.82 bits per heavy atom. The molecule has 182 valence electrons. The number of nitrogens with one attached hydrogen (secondary N) is 1. The zero-order valence-electron chi connectivity index (χ0n) is 19.0. The van der Waals surface area contributed by atoms with Crippen molar-refractivity contribution >= 4 is 27.5 Å². The lowest BCUT2D eigenvalue weighted by molar-refractivity contribution is -0.907. The number of carbonyl (C=O) groups excluding carboxylic acids is 2. The molecule has 11 heteroatoms. The molecule has 0 aliphatic carbocycles. The second-order valence-electron chi connectivity index (χ2n) is 8.41. The highest BCUT2D eigenvalue weighted by Crippen LogP contribution is 2.38. The quantitative estimate of drug-likeness (QED) is 0.290. The van der Waals surface area contributed by atoms with Gasteiger partial charge >= 0.3 is 0 Å². The maximum absolute atomic E-state index is 13.4. The number of sulfonamides is 1. The lowest BCUT2D eigenvalue weighted by Crippen LogP contribution is -3.14. The van der Waals surface area contributed by atoms with Crippen molar-refractivity contribution in [2.45, 2.75) is 10.9 Å². The van der Waals surface area contributed by atoms with Crippen LogP contribution in [0.2, 0.25) is 0 Å². The van der Waals surface area contributed by atoms with Crippen LogP contribution in [0.15, 0.2) is 57.5 Å². The van der Waals surface area contributed by atoms with Crippen molar-refractivity contribution in [3.8, 4) is 0 Å². The average Bonchev–Trinajstić information content (AvgIpc) is 3.45. The lowest BCUT2D eigenvalue weighted by atomic mass is 9.99. The average molecular weight is 490 g/mol. The molecule has 1 N–H and O–H groups in total. The van der Waals surface area contributed by atoms with Crippen molar-refractivity contribution in [3.63, 3.8) is 0 Å². The van der Waals surface area contributed by atoms with E-state index in [1.807, 2.05) is 0 Å². The maximum atomic E-state index is 13.4. The van der Waals surface area contributed by atoms with Crippen LogP contribution in [0.3, 0.4) is 0 Å². The van der Waals surface area contributed by atoms with Crippen LogP contribution in [0.4, 0.5) is 0 Å². The van der Waals surface area contributed by atoms with Crippen LogP contribution in [0.25, 0.3) is 5.76 Å². The zero-order chi connectivity index (χ0) is 24.5. The topological polar surface area (TPSA) is 125 Å². The summed E-state index contributed by atoms with van der Waals surface area (Å²) in [5.41, 5.74) is -0.0776. The number of ether oxygens (including phenoxy) is 1. The maximum Gasteiger partial charge on any atom is 0.295 e. The Balaban J connectivity index is 1.68.